The van der Waals surface area contributed by atoms with Gasteiger partial charge in [0, 0.05) is 0 Å². The van der Waals surface area contributed by atoms with E-state index in [1.807, 2.05) is 0 Å². The third-order valence-electron chi connectivity index (χ3n) is 4.67. The predicted octanol–water partition coefficient (Wildman–Crippen LogP) is 2.72. The van der Waals surface area contributed by atoms with Gasteiger partial charge in [0.2, 0.25) is 0 Å². The van der Waals surface area contributed by atoms with Gasteiger partial charge < -0.3 is 0 Å². The molecule has 0 aromatic heterocycles. The molecule has 2 heteroatoms. The Balaban J connectivity index is 0.00000225. The third-order valence-corrected chi connectivity index (χ3v) is 8.39. The van der Waals surface area contributed by atoms with Crippen molar-refractivity contribution in [3.05, 3.63) is 139 Å². The second-order valence-corrected chi connectivity index (χ2v) is 9.63. The van der Waals surface area contributed by atoms with Crippen molar-refractivity contribution in [2.45, 2.75) is 0 Å². The Kier molecular flexibility index (Phi) is 7.08. The van der Waals surface area contributed by atoms with E-state index < -0.39 is 6.89 Å². The minimum Gasteiger partial charge on any atom is -0.187 e. The first-order valence-electron chi connectivity index (χ1n) is 9.18. The fraction of sp³-hybridized carbons (Fsp3) is 0. The molecule has 0 saturated heterocycles. The Morgan fingerprint density at radius 3 is 1.36 bits per heavy atom. The normalized spacial score (nSPS) is 10.6. The maximum atomic E-state index is 2.48. The Hall–Kier alpha value is -2.35. The molecule has 0 radical (unpaired) electrons. The smallest absolute Gasteiger partial charge is 0.187 e. The number of rotatable bonds is 5. The molecule has 0 aliphatic rings. The minimum atomic E-state index is -1.89. The molecule has 0 amide bonds. The summed E-state index contributed by atoms with van der Waals surface area (Å²) < 4.78 is 0. The summed E-state index contributed by atoms with van der Waals surface area (Å²) in [5.41, 5.74) is 2.51. The molecule has 0 saturated carbocycles. The van der Waals surface area contributed by atoms with Gasteiger partial charge in [-0.1, -0.05) is 110 Å². The van der Waals surface area contributed by atoms with Gasteiger partial charge in [-0.3, -0.25) is 0 Å². The van der Waals surface area contributed by atoms with Crippen LogP contribution in [0.3, 0.4) is 0 Å². The second kappa shape index (κ2) is 9.72. The molecule has 0 bridgehead atoms. The molecule has 4 aromatic rings. The summed E-state index contributed by atoms with van der Waals surface area (Å²) >= 11 is 0. The van der Waals surface area contributed by atoms with E-state index in [0.717, 1.165) is 0 Å². The molecular formula is C26H22LiP. The van der Waals surface area contributed by atoms with Crippen LogP contribution in [0.25, 0.3) is 0 Å². The molecule has 0 atom stereocenters. The molecule has 0 nitrogen and oxygen atoms in total. The summed E-state index contributed by atoms with van der Waals surface area (Å²) in [6, 6.07) is 43.2. The third kappa shape index (κ3) is 4.55. The number of benzene rings is 4. The Labute approximate surface area is 180 Å². The second-order valence-electron chi connectivity index (χ2n) is 6.53. The van der Waals surface area contributed by atoms with Gasteiger partial charge in [0.15, 0.2) is 0 Å². The van der Waals surface area contributed by atoms with Crippen LogP contribution in [0.15, 0.2) is 121 Å². The van der Waals surface area contributed by atoms with E-state index in [0.29, 0.717) is 0 Å². The molecule has 4 rings (SSSR count). The molecule has 132 valence electrons. The predicted molar refractivity (Wildman–Crippen MR) is 121 cm³/mol. The van der Waals surface area contributed by atoms with E-state index >= 15 is 0 Å². The summed E-state index contributed by atoms with van der Waals surface area (Å²) in [7, 11) is 0. The van der Waals surface area contributed by atoms with Crippen LogP contribution in [-0.4, -0.2) is 5.80 Å². The van der Waals surface area contributed by atoms with E-state index in [4.69, 9.17) is 0 Å². The monoisotopic (exact) mass is 372 g/mol. The van der Waals surface area contributed by atoms with Gasteiger partial charge in [0.25, 0.3) is 0 Å². The van der Waals surface area contributed by atoms with Crippen molar-refractivity contribution in [3.63, 3.8) is 0 Å². The van der Waals surface area contributed by atoms with Gasteiger partial charge in [-0.2, -0.15) is 23.9 Å². The first kappa shape index (κ1) is 20.4. The zero-order chi connectivity index (χ0) is 18.4. The maximum Gasteiger partial charge on any atom is 1.00 e. The van der Waals surface area contributed by atoms with Gasteiger partial charge in [-0.05, 0) is 16.2 Å². The molecule has 0 spiro atoms. The van der Waals surface area contributed by atoms with Crippen LogP contribution in [0, 0.1) is 6.16 Å². The molecule has 28 heavy (non-hydrogen) atoms. The Bertz CT molecular complexity index is 983. The van der Waals surface area contributed by atoms with Crippen molar-refractivity contribution in [1.29, 1.82) is 0 Å². The van der Waals surface area contributed by atoms with Crippen LogP contribution >= 0.6 is 6.89 Å². The zero-order valence-corrected chi connectivity index (χ0v) is 17.0. The minimum absolute atomic E-state index is 0. The van der Waals surface area contributed by atoms with E-state index in [1.165, 1.54) is 21.7 Å². The van der Waals surface area contributed by atoms with Gasteiger partial charge in [-0.25, -0.2) is 0 Å². The summed E-state index contributed by atoms with van der Waals surface area (Å²) in [6.45, 7) is -1.89. The van der Waals surface area contributed by atoms with Gasteiger partial charge in [0.1, 0.15) is 0 Å². The van der Waals surface area contributed by atoms with E-state index in [9.17, 15) is 0 Å². The van der Waals surface area contributed by atoms with Crippen molar-refractivity contribution in [1.82, 2.24) is 0 Å². The molecule has 0 aliphatic carbocycles. The van der Waals surface area contributed by atoms with Crippen LogP contribution in [0.2, 0.25) is 0 Å². The molecular weight excluding hydrogens is 350 g/mol. The van der Waals surface area contributed by atoms with Crippen LogP contribution in [0.4, 0.5) is 0 Å². The van der Waals surface area contributed by atoms with E-state index in [1.54, 1.807) is 0 Å². The largest absolute Gasteiger partial charge is 1.00 e. The van der Waals surface area contributed by atoms with Crippen LogP contribution < -0.4 is 29.5 Å². The van der Waals surface area contributed by atoms with Crippen LogP contribution in [0.1, 0.15) is 11.1 Å². The van der Waals surface area contributed by atoms with Crippen LogP contribution in [-0.2, 0) is 0 Å². The molecule has 0 aliphatic heterocycles. The van der Waals surface area contributed by atoms with Gasteiger partial charge in [-0.15, -0.1) is 12.1 Å². The van der Waals surface area contributed by atoms with Crippen molar-refractivity contribution in [2.75, 3.05) is 0 Å². The average molecular weight is 372 g/mol. The van der Waals surface area contributed by atoms with E-state index in [2.05, 4.69) is 133 Å². The van der Waals surface area contributed by atoms with Gasteiger partial charge in [0.05, 0.1) is 0 Å². The Morgan fingerprint density at radius 1 is 0.500 bits per heavy atom. The first-order valence-corrected chi connectivity index (χ1v) is 11.1. The Morgan fingerprint density at radius 2 is 0.893 bits per heavy atom. The maximum absolute atomic E-state index is 2.48. The van der Waals surface area contributed by atoms with Crippen LogP contribution in [0.5, 0.6) is 0 Å². The SMILES string of the molecule is C(c1ccccc1)=P([CH-]c1ccccc1)(c1ccccc1)c1ccccc1.[Li+]. The fourth-order valence-electron chi connectivity index (χ4n) is 3.38. The van der Waals surface area contributed by atoms with E-state index in [-0.39, 0.29) is 18.9 Å². The average Bonchev–Trinajstić information content (AvgIpc) is 2.76. The molecule has 4 aromatic carbocycles. The molecule has 0 N–H and O–H groups in total. The number of hydrogen-bond donors (Lipinski definition) is 0. The van der Waals surface area contributed by atoms with Crippen molar-refractivity contribution in [3.8, 4) is 0 Å². The summed E-state index contributed by atoms with van der Waals surface area (Å²) in [6.07, 6.45) is 2.48. The topological polar surface area (TPSA) is 0 Å². The van der Waals surface area contributed by atoms with Crippen molar-refractivity contribution >= 4 is 23.3 Å². The summed E-state index contributed by atoms with van der Waals surface area (Å²) in [4.78, 5) is 0. The zero-order valence-electron chi connectivity index (χ0n) is 16.1. The summed E-state index contributed by atoms with van der Waals surface area (Å²) in [5.74, 6) is 2.48. The fourth-order valence-corrected chi connectivity index (χ4v) is 6.97. The first-order chi connectivity index (χ1) is 13.4. The summed E-state index contributed by atoms with van der Waals surface area (Å²) in [5, 5.41) is 2.73. The van der Waals surface area contributed by atoms with Gasteiger partial charge >= 0.3 is 18.9 Å². The number of hydrogen-bond acceptors (Lipinski definition) is 0. The quantitative estimate of drug-likeness (QED) is 0.287. The molecule has 0 unspecified atom stereocenters. The van der Waals surface area contributed by atoms with Crippen molar-refractivity contribution < 1.29 is 18.9 Å². The van der Waals surface area contributed by atoms with Crippen molar-refractivity contribution in [2.24, 2.45) is 0 Å². The molecule has 0 fully saturated rings. The standard InChI is InChI=1S/C26H22P.Li/c1-5-13-23(14-6-1)21-27(25-17-9-3-10-18-25,26-19-11-4-12-20-26)22-24-15-7-2-8-16-24;/h1-22H;/q-1;+1. The molecule has 0 heterocycles.